The van der Waals surface area contributed by atoms with Gasteiger partial charge < -0.3 is 15.6 Å². The van der Waals surface area contributed by atoms with Gasteiger partial charge in [-0.2, -0.15) is 0 Å². The maximum atomic E-state index is 12.6. The minimum Gasteiger partial charge on any atom is -0.398 e. The highest BCUT2D eigenvalue weighted by molar-refractivity contribution is 6.00. The molecule has 0 aliphatic heterocycles. The fourth-order valence-electron chi connectivity index (χ4n) is 2.29. The van der Waals surface area contributed by atoms with Crippen molar-refractivity contribution >= 4 is 22.5 Å². The van der Waals surface area contributed by atoms with Gasteiger partial charge in [0, 0.05) is 24.5 Å². The molecule has 1 unspecified atom stereocenters. The summed E-state index contributed by atoms with van der Waals surface area (Å²) in [4.78, 5) is 24.9. The van der Waals surface area contributed by atoms with E-state index in [9.17, 15) is 9.59 Å². The zero-order valence-electron chi connectivity index (χ0n) is 12.6. The first kappa shape index (κ1) is 15.1. The molecule has 21 heavy (non-hydrogen) atoms. The second-order valence-corrected chi connectivity index (χ2v) is 5.18. The van der Waals surface area contributed by atoms with E-state index < -0.39 is 0 Å². The molecule has 1 atom stereocenters. The number of hydrogen-bond donors (Lipinski definition) is 2. The van der Waals surface area contributed by atoms with Crippen LogP contribution in [0.1, 0.15) is 37.6 Å². The van der Waals surface area contributed by atoms with Gasteiger partial charge in [0.25, 0.3) is 5.91 Å². The first-order chi connectivity index (χ1) is 9.99. The predicted octanol–water partition coefficient (Wildman–Crippen LogP) is 2.13. The molecule has 3 N–H and O–H groups in total. The Morgan fingerprint density at radius 1 is 1.38 bits per heavy atom. The van der Waals surface area contributed by atoms with Gasteiger partial charge in [0.2, 0.25) is 5.43 Å². The molecule has 1 aromatic carbocycles. The molecule has 5 heteroatoms. The lowest BCUT2D eigenvalue weighted by molar-refractivity contribution is 0.0937. The van der Waals surface area contributed by atoms with E-state index in [4.69, 9.17) is 5.73 Å². The lowest BCUT2D eigenvalue weighted by atomic mass is 10.1. The SMILES string of the molecule is CCC(C)NC(=O)c1cn(CC)c2cccc(N)c2c1=O. The van der Waals surface area contributed by atoms with E-state index in [0.29, 0.717) is 17.6 Å². The Morgan fingerprint density at radius 2 is 2.10 bits per heavy atom. The Bertz CT molecular complexity index is 734. The molecule has 0 bridgehead atoms. The van der Waals surface area contributed by atoms with Crippen LogP contribution in [0.4, 0.5) is 5.69 Å². The molecule has 1 amide bonds. The molecule has 1 heterocycles. The highest BCUT2D eigenvalue weighted by Gasteiger charge is 2.17. The smallest absolute Gasteiger partial charge is 0.256 e. The first-order valence-corrected chi connectivity index (χ1v) is 7.22. The van der Waals surface area contributed by atoms with Crippen LogP contribution in [0, 0.1) is 0 Å². The third kappa shape index (κ3) is 2.77. The van der Waals surface area contributed by atoms with Crippen LogP contribution in [-0.4, -0.2) is 16.5 Å². The van der Waals surface area contributed by atoms with Crippen LogP contribution in [0.3, 0.4) is 0 Å². The van der Waals surface area contributed by atoms with Gasteiger partial charge >= 0.3 is 0 Å². The Labute approximate surface area is 123 Å². The Hall–Kier alpha value is -2.30. The number of nitrogens with two attached hydrogens (primary N) is 1. The van der Waals surface area contributed by atoms with Gasteiger partial charge in [0.1, 0.15) is 5.56 Å². The Kier molecular flexibility index (Phi) is 4.31. The van der Waals surface area contributed by atoms with Gasteiger partial charge in [-0.3, -0.25) is 9.59 Å². The third-order valence-corrected chi connectivity index (χ3v) is 3.72. The first-order valence-electron chi connectivity index (χ1n) is 7.22. The summed E-state index contributed by atoms with van der Waals surface area (Å²) in [5.74, 6) is -0.346. The van der Waals surface area contributed by atoms with Crippen molar-refractivity contribution in [2.24, 2.45) is 0 Å². The van der Waals surface area contributed by atoms with Crippen molar-refractivity contribution in [1.29, 1.82) is 0 Å². The number of amides is 1. The monoisotopic (exact) mass is 287 g/mol. The molecule has 112 valence electrons. The topological polar surface area (TPSA) is 77.1 Å². The summed E-state index contributed by atoms with van der Waals surface area (Å²) < 4.78 is 1.87. The van der Waals surface area contributed by atoms with Crippen LogP contribution in [0.5, 0.6) is 0 Å². The third-order valence-electron chi connectivity index (χ3n) is 3.72. The number of pyridine rings is 1. The number of hydrogen-bond acceptors (Lipinski definition) is 3. The van der Waals surface area contributed by atoms with E-state index in [2.05, 4.69) is 5.32 Å². The number of nitrogens with one attached hydrogen (secondary N) is 1. The minimum atomic E-state index is -0.346. The number of fused-ring (bicyclic) bond motifs is 1. The molecule has 0 aliphatic rings. The van der Waals surface area contributed by atoms with Crippen molar-refractivity contribution in [2.45, 2.75) is 39.8 Å². The van der Waals surface area contributed by atoms with Crippen molar-refractivity contribution < 1.29 is 4.79 Å². The molecule has 0 saturated heterocycles. The van der Waals surface area contributed by atoms with Crippen LogP contribution in [0.15, 0.2) is 29.2 Å². The summed E-state index contributed by atoms with van der Waals surface area (Å²) in [6.07, 6.45) is 2.42. The number of nitrogens with zero attached hydrogens (tertiary/aromatic N) is 1. The van der Waals surface area contributed by atoms with Gasteiger partial charge in [0.05, 0.1) is 10.9 Å². The van der Waals surface area contributed by atoms with Gasteiger partial charge in [-0.1, -0.05) is 13.0 Å². The van der Waals surface area contributed by atoms with E-state index in [1.54, 1.807) is 12.3 Å². The zero-order chi connectivity index (χ0) is 15.6. The minimum absolute atomic E-state index is 0.0239. The molecule has 0 spiro atoms. The second kappa shape index (κ2) is 5.99. The Morgan fingerprint density at radius 3 is 2.71 bits per heavy atom. The quantitative estimate of drug-likeness (QED) is 0.846. The van der Waals surface area contributed by atoms with Crippen LogP contribution < -0.4 is 16.5 Å². The molecule has 1 aromatic heterocycles. The van der Waals surface area contributed by atoms with Gasteiger partial charge in [0.15, 0.2) is 0 Å². The summed E-state index contributed by atoms with van der Waals surface area (Å²) in [7, 11) is 0. The molecule has 2 aromatic rings. The lowest BCUT2D eigenvalue weighted by Gasteiger charge is -2.15. The van der Waals surface area contributed by atoms with Gasteiger partial charge in [-0.15, -0.1) is 0 Å². The largest absolute Gasteiger partial charge is 0.398 e. The molecule has 5 nitrogen and oxygen atoms in total. The average molecular weight is 287 g/mol. The number of carbonyl (C=O) groups excluding carboxylic acids is 1. The zero-order valence-corrected chi connectivity index (χ0v) is 12.6. The maximum Gasteiger partial charge on any atom is 0.256 e. The number of carbonyl (C=O) groups is 1. The summed E-state index contributed by atoms with van der Waals surface area (Å²) in [6.45, 7) is 6.51. The number of benzene rings is 1. The van der Waals surface area contributed by atoms with Crippen molar-refractivity contribution in [2.75, 3.05) is 5.73 Å². The van der Waals surface area contributed by atoms with Crippen molar-refractivity contribution in [3.63, 3.8) is 0 Å². The van der Waals surface area contributed by atoms with Crippen molar-refractivity contribution in [3.8, 4) is 0 Å². The Balaban J connectivity index is 2.66. The lowest BCUT2D eigenvalue weighted by Crippen LogP contribution is -2.35. The van der Waals surface area contributed by atoms with E-state index in [-0.39, 0.29) is 22.9 Å². The predicted molar refractivity (Wildman–Crippen MR) is 85.5 cm³/mol. The number of rotatable bonds is 4. The fourth-order valence-corrected chi connectivity index (χ4v) is 2.29. The normalized spacial score (nSPS) is 12.3. The number of aryl methyl sites for hydroxylation is 1. The molecule has 0 fully saturated rings. The molecule has 2 rings (SSSR count). The summed E-state index contributed by atoms with van der Waals surface area (Å²) in [5, 5.41) is 3.24. The van der Waals surface area contributed by atoms with Gasteiger partial charge in [-0.05, 0) is 32.4 Å². The molecular weight excluding hydrogens is 266 g/mol. The van der Waals surface area contributed by atoms with Gasteiger partial charge in [-0.25, -0.2) is 0 Å². The summed E-state index contributed by atoms with van der Waals surface area (Å²) in [5.41, 5.74) is 6.92. The van der Waals surface area contributed by atoms with Crippen molar-refractivity contribution in [3.05, 3.63) is 40.2 Å². The van der Waals surface area contributed by atoms with Crippen LogP contribution >= 0.6 is 0 Å². The number of aromatic nitrogens is 1. The van der Waals surface area contributed by atoms with E-state index >= 15 is 0 Å². The summed E-state index contributed by atoms with van der Waals surface area (Å²) >= 11 is 0. The van der Waals surface area contributed by atoms with E-state index in [1.807, 2.05) is 37.5 Å². The van der Waals surface area contributed by atoms with Crippen LogP contribution in [0.25, 0.3) is 10.9 Å². The summed E-state index contributed by atoms with van der Waals surface area (Å²) in [6, 6.07) is 5.35. The molecule has 0 radical (unpaired) electrons. The molecule has 0 saturated carbocycles. The van der Waals surface area contributed by atoms with Crippen LogP contribution in [-0.2, 0) is 6.54 Å². The van der Waals surface area contributed by atoms with Crippen molar-refractivity contribution in [1.82, 2.24) is 9.88 Å². The average Bonchev–Trinajstić information content (AvgIpc) is 2.47. The number of anilines is 1. The maximum absolute atomic E-state index is 12.6. The fraction of sp³-hybridized carbons (Fsp3) is 0.375. The molecular formula is C16H21N3O2. The highest BCUT2D eigenvalue weighted by atomic mass is 16.2. The molecule has 0 aliphatic carbocycles. The second-order valence-electron chi connectivity index (χ2n) is 5.18. The standard InChI is InChI=1S/C16H21N3O2/c1-4-10(3)18-16(21)11-9-19(5-2)13-8-6-7-12(17)14(13)15(11)20/h6-10H,4-5,17H2,1-3H3,(H,18,21). The van der Waals surface area contributed by atoms with Crippen LogP contribution in [0.2, 0.25) is 0 Å². The van der Waals surface area contributed by atoms with E-state index in [1.165, 1.54) is 0 Å². The highest BCUT2D eigenvalue weighted by Crippen LogP contribution is 2.18. The van der Waals surface area contributed by atoms with E-state index in [0.717, 1.165) is 11.9 Å². The number of nitrogen functional groups attached to an aromatic ring is 1.